The maximum atomic E-state index is 6.29. The van der Waals surface area contributed by atoms with Gasteiger partial charge in [-0.15, -0.1) is 0 Å². The van der Waals surface area contributed by atoms with Gasteiger partial charge in [0, 0.05) is 36.0 Å². The zero-order valence-corrected chi connectivity index (χ0v) is 18.3. The topological polar surface area (TPSA) is 74.5 Å². The number of anilines is 1. The monoisotopic (exact) mass is 393 g/mol. The van der Waals surface area contributed by atoms with E-state index in [1.165, 1.54) is 11.3 Å². The predicted molar refractivity (Wildman–Crippen MR) is 123 cm³/mol. The molecule has 0 saturated heterocycles. The molecule has 0 radical (unpaired) electrons. The first-order valence-electron chi connectivity index (χ1n) is 10.6. The number of allylic oxidation sites excluding steroid dienone is 4. The van der Waals surface area contributed by atoms with E-state index in [0.29, 0.717) is 35.4 Å². The first kappa shape index (κ1) is 21.2. The summed E-state index contributed by atoms with van der Waals surface area (Å²) in [4.78, 5) is 0. The molecule has 1 aromatic carbocycles. The normalized spacial score (nSPS) is 28.7. The van der Waals surface area contributed by atoms with Crippen LogP contribution in [0.3, 0.4) is 0 Å². The van der Waals surface area contributed by atoms with E-state index < -0.39 is 0 Å². The van der Waals surface area contributed by atoms with Crippen molar-refractivity contribution in [2.45, 2.75) is 40.2 Å². The van der Waals surface area contributed by atoms with E-state index in [2.05, 4.69) is 61.8 Å². The minimum atomic E-state index is 0.321. The van der Waals surface area contributed by atoms with Crippen LogP contribution in [0.25, 0.3) is 0 Å². The Morgan fingerprint density at radius 2 is 2.03 bits per heavy atom. The lowest BCUT2D eigenvalue weighted by Gasteiger charge is -2.35. The van der Waals surface area contributed by atoms with E-state index in [-0.39, 0.29) is 0 Å². The van der Waals surface area contributed by atoms with Crippen molar-refractivity contribution in [1.29, 1.82) is 0 Å². The molecule has 0 aliphatic heterocycles. The molecule has 0 aromatic heterocycles. The Morgan fingerprint density at radius 1 is 1.28 bits per heavy atom. The average molecular weight is 394 g/mol. The Hall–Kier alpha value is -2.53. The van der Waals surface area contributed by atoms with Gasteiger partial charge < -0.3 is 11.1 Å². The summed E-state index contributed by atoms with van der Waals surface area (Å²) in [6, 6.07) is 6.43. The van der Waals surface area contributed by atoms with Crippen LogP contribution in [0.5, 0.6) is 0 Å². The van der Waals surface area contributed by atoms with Crippen molar-refractivity contribution in [2.24, 2.45) is 28.8 Å². The van der Waals surface area contributed by atoms with Crippen molar-refractivity contribution in [1.82, 2.24) is 16.3 Å². The maximum Gasteiger partial charge on any atom is 0.100 e. The summed E-state index contributed by atoms with van der Waals surface area (Å²) in [5.74, 6) is 2.33. The summed E-state index contributed by atoms with van der Waals surface area (Å²) in [5, 5.41) is 8.03. The molecule has 29 heavy (non-hydrogen) atoms. The number of hydrazone groups is 1. The second-order valence-corrected chi connectivity index (χ2v) is 8.24. The molecule has 5 heteroatoms. The van der Waals surface area contributed by atoms with E-state index in [4.69, 9.17) is 10.8 Å². The second kappa shape index (κ2) is 8.87. The van der Waals surface area contributed by atoms with Crippen LogP contribution in [-0.4, -0.2) is 18.8 Å². The Balaban J connectivity index is 1.83. The van der Waals surface area contributed by atoms with Gasteiger partial charge >= 0.3 is 0 Å². The van der Waals surface area contributed by atoms with Crippen molar-refractivity contribution in [3.05, 3.63) is 65.4 Å². The molecular weight excluding hydrogens is 358 g/mol. The first-order chi connectivity index (χ1) is 13.9. The van der Waals surface area contributed by atoms with E-state index in [1.54, 1.807) is 0 Å². The van der Waals surface area contributed by atoms with Gasteiger partial charge in [0.1, 0.15) is 5.71 Å². The SMILES string of the molecule is C=C(/C=C\C)C(=NNNC1C(C)C(C)C2C=C(NC)C21)c1cc(CC)ccc1N. The van der Waals surface area contributed by atoms with Crippen molar-refractivity contribution >= 4 is 11.4 Å². The van der Waals surface area contributed by atoms with Crippen LogP contribution in [-0.2, 0) is 6.42 Å². The van der Waals surface area contributed by atoms with E-state index in [0.717, 1.165) is 23.3 Å². The fourth-order valence-electron chi connectivity index (χ4n) is 4.67. The van der Waals surface area contributed by atoms with Gasteiger partial charge in [-0.05, 0) is 54.4 Å². The van der Waals surface area contributed by atoms with Gasteiger partial charge in [0.15, 0.2) is 0 Å². The highest BCUT2D eigenvalue weighted by atomic mass is 15.6. The molecule has 5 N–H and O–H groups in total. The molecule has 0 spiro atoms. The fraction of sp³-hybridized carbons (Fsp3) is 0.458. The molecule has 5 nitrogen and oxygen atoms in total. The third-order valence-corrected chi connectivity index (χ3v) is 6.68. The van der Waals surface area contributed by atoms with E-state index in [9.17, 15) is 0 Å². The van der Waals surface area contributed by atoms with E-state index >= 15 is 0 Å². The number of nitrogen functional groups attached to an aromatic ring is 1. The summed E-state index contributed by atoms with van der Waals surface area (Å²) < 4.78 is 0. The number of fused-ring (bicyclic) bond motifs is 1. The lowest BCUT2D eigenvalue weighted by molar-refractivity contribution is 0.303. The van der Waals surface area contributed by atoms with Crippen molar-refractivity contribution in [3.63, 3.8) is 0 Å². The summed E-state index contributed by atoms with van der Waals surface area (Å²) in [7, 11) is 2.00. The summed E-state index contributed by atoms with van der Waals surface area (Å²) in [6.07, 6.45) is 7.24. The molecule has 2 aliphatic carbocycles. The molecule has 156 valence electrons. The van der Waals surface area contributed by atoms with Gasteiger partial charge in [-0.3, -0.25) is 0 Å². The summed E-state index contributed by atoms with van der Waals surface area (Å²) >= 11 is 0. The fourth-order valence-corrected chi connectivity index (χ4v) is 4.67. The molecule has 5 atom stereocenters. The molecule has 1 fully saturated rings. The molecule has 5 unspecified atom stereocenters. The first-order valence-corrected chi connectivity index (χ1v) is 10.6. The van der Waals surface area contributed by atoms with Crippen molar-refractivity contribution in [3.8, 4) is 0 Å². The third-order valence-electron chi connectivity index (χ3n) is 6.68. The number of hydrazine groups is 1. The number of nitrogens with zero attached hydrogens (tertiary/aromatic N) is 1. The number of benzene rings is 1. The van der Waals surface area contributed by atoms with E-state index in [1.807, 2.05) is 32.2 Å². The predicted octanol–water partition coefficient (Wildman–Crippen LogP) is 3.77. The number of nitrogens with one attached hydrogen (secondary N) is 3. The molecule has 0 heterocycles. The Kier molecular flexibility index (Phi) is 6.48. The Labute approximate surface area is 175 Å². The molecule has 0 bridgehead atoms. The van der Waals surface area contributed by atoms with Gasteiger partial charge in [-0.2, -0.15) is 5.10 Å². The molecule has 2 aliphatic rings. The number of nitrogens with two attached hydrogens (primary N) is 1. The van der Waals surface area contributed by atoms with Gasteiger partial charge in [-0.1, -0.05) is 51.6 Å². The zero-order valence-electron chi connectivity index (χ0n) is 18.3. The smallest absolute Gasteiger partial charge is 0.100 e. The van der Waals surface area contributed by atoms with Gasteiger partial charge in [0.05, 0.1) is 0 Å². The van der Waals surface area contributed by atoms with Gasteiger partial charge in [0.25, 0.3) is 0 Å². The number of hydrogen-bond donors (Lipinski definition) is 4. The number of hydrogen-bond acceptors (Lipinski definition) is 5. The van der Waals surface area contributed by atoms with Crippen LogP contribution in [0.2, 0.25) is 0 Å². The molecular formula is C24H35N5. The highest BCUT2D eigenvalue weighted by molar-refractivity contribution is 6.16. The summed E-state index contributed by atoms with van der Waals surface area (Å²) in [5.41, 5.74) is 18.7. The minimum absolute atomic E-state index is 0.321. The lowest BCUT2D eigenvalue weighted by atomic mass is 9.77. The number of aryl methyl sites for hydroxylation is 1. The van der Waals surface area contributed by atoms with Crippen LogP contribution < -0.4 is 22.0 Å². The molecule has 1 aromatic rings. The minimum Gasteiger partial charge on any atom is -0.398 e. The Morgan fingerprint density at radius 3 is 2.69 bits per heavy atom. The highest BCUT2D eigenvalue weighted by Crippen LogP contribution is 2.50. The molecule has 1 saturated carbocycles. The quantitative estimate of drug-likeness (QED) is 0.235. The van der Waals surface area contributed by atoms with Gasteiger partial charge in [-0.25, -0.2) is 11.0 Å². The van der Waals surface area contributed by atoms with Crippen LogP contribution in [0.4, 0.5) is 5.69 Å². The van der Waals surface area contributed by atoms with Crippen LogP contribution in [0, 0.1) is 23.7 Å². The second-order valence-electron chi connectivity index (χ2n) is 8.24. The summed E-state index contributed by atoms with van der Waals surface area (Å²) in [6.45, 7) is 13.0. The van der Waals surface area contributed by atoms with Crippen molar-refractivity contribution < 1.29 is 0 Å². The van der Waals surface area contributed by atoms with Gasteiger partial charge in [0.2, 0.25) is 0 Å². The average Bonchev–Trinajstić information content (AvgIpc) is 2.87. The van der Waals surface area contributed by atoms with Crippen LogP contribution >= 0.6 is 0 Å². The third kappa shape index (κ3) is 3.97. The van der Waals surface area contributed by atoms with Crippen LogP contribution in [0.15, 0.2) is 59.4 Å². The largest absolute Gasteiger partial charge is 0.398 e. The Bertz CT molecular complexity index is 851. The molecule has 0 amide bonds. The standard InChI is InChI=1S/C24H35N5/c1-7-9-14(3)23(19-12-17(8-2)10-11-20(19)25)27-29-28-24-16(5)15(4)18-13-21(26-6)22(18)24/h7,9-13,15-16,18,22,24,26,28-29H,3,8,25H2,1-2,4-6H3/b9-7-,27-23?. The lowest BCUT2D eigenvalue weighted by Crippen LogP contribution is -2.48. The molecule has 3 rings (SSSR count). The maximum absolute atomic E-state index is 6.29. The highest BCUT2D eigenvalue weighted by Gasteiger charge is 2.51. The van der Waals surface area contributed by atoms with Crippen molar-refractivity contribution in [2.75, 3.05) is 12.8 Å². The number of rotatable bonds is 8. The zero-order chi connectivity index (χ0) is 21.1. The van der Waals surface area contributed by atoms with Crippen LogP contribution in [0.1, 0.15) is 38.8 Å².